The smallest absolute Gasteiger partial charge is 1.00 e. The first-order valence-electron chi connectivity index (χ1n) is 3.43. The van der Waals surface area contributed by atoms with Crippen molar-refractivity contribution in [1.82, 2.24) is 10.6 Å². The molecule has 1 heterocycles. The van der Waals surface area contributed by atoms with E-state index in [-0.39, 0.29) is 31.0 Å². The molecule has 0 bridgehead atoms. The average Bonchev–Trinajstić information content (AvgIpc) is 2.00. The number of amides is 4. The van der Waals surface area contributed by atoms with E-state index in [4.69, 9.17) is 23.2 Å². The van der Waals surface area contributed by atoms with Crippen molar-refractivity contribution in [2.75, 3.05) is 0 Å². The van der Waals surface area contributed by atoms with Gasteiger partial charge in [-0.2, -0.15) is 0 Å². The van der Waals surface area contributed by atoms with Gasteiger partial charge in [-0.3, -0.25) is 20.2 Å². The number of hydrogen-bond donors (Lipinski definition) is 2. The number of rotatable bonds is 2. The molecule has 4 amide bonds. The summed E-state index contributed by atoms with van der Waals surface area (Å²) in [6, 6.07) is -1.09. The van der Waals surface area contributed by atoms with Crippen LogP contribution in [0.5, 0.6) is 0 Å². The number of imide groups is 2. The SMILES string of the molecule is O=C1NC(=O)C(S(=O)(=O)C(Cl)Cl)C(=O)N1.[H-].[Na+]. The van der Waals surface area contributed by atoms with Crippen molar-refractivity contribution in [3.05, 3.63) is 0 Å². The molecule has 0 aromatic heterocycles. The van der Waals surface area contributed by atoms with Crippen LogP contribution < -0.4 is 40.2 Å². The standard InChI is InChI=1S/C5H4Cl2N2O5S.Na.H/c6-4(7)15(13,14)1-2(10)8-5(12)9-3(1)11;;/h1,4H,(H2,8,9,10,11,12);;/q;+1;-1. The van der Waals surface area contributed by atoms with Gasteiger partial charge >= 0.3 is 35.6 Å². The molecule has 1 rings (SSSR count). The van der Waals surface area contributed by atoms with Crippen molar-refractivity contribution >= 4 is 50.9 Å². The van der Waals surface area contributed by atoms with E-state index in [1.807, 2.05) is 0 Å². The molecular formula is C5H5Cl2N2NaO5S. The molecule has 86 valence electrons. The number of hydrogen-bond acceptors (Lipinski definition) is 5. The van der Waals surface area contributed by atoms with Gasteiger partial charge in [0.1, 0.15) is 0 Å². The number of sulfone groups is 1. The Morgan fingerprint density at radius 2 is 1.50 bits per heavy atom. The quantitative estimate of drug-likeness (QED) is 0.307. The van der Waals surface area contributed by atoms with Crippen LogP contribution in [0, 0.1) is 0 Å². The number of urea groups is 1. The van der Waals surface area contributed by atoms with Gasteiger partial charge in [-0.15, -0.1) is 0 Å². The predicted molar refractivity (Wildman–Crippen MR) is 51.0 cm³/mol. The van der Waals surface area contributed by atoms with E-state index in [0.717, 1.165) is 0 Å². The third-order valence-corrected chi connectivity index (χ3v) is 4.60. The minimum atomic E-state index is -4.37. The fourth-order valence-corrected chi connectivity index (χ4v) is 2.44. The fourth-order valence-electron chi connectivity index (χ4n) is 0.906. The van der Waals surface area contributed by atoms with E-state index in [2.05, 4.69) is 0 Å². The zero-order valence-corrected chi connectivity index (χ0v) is 12.2. The third-order valence-electron chi connectivity index (χ3n) is 1.53. The van der Waals surface area contributed by atoms with E-state index in [1.54, 1.807) is 10.6 Å². The second-order valence-corrected chi connectivity index (χ2v) is 6.27. The van der Waals surface area contributed by atoms with Crippen LogP contribution >= 0.6 is 23.2 Å². The van der Waals surface area contributed by atoms with Crippen molar-refractivity contribution < 1.29 is 53.8 Å². The van der Waals surface area contributed by atoms with Crippen LogP contribution in [0.25, 0.3) is 0 Å². The Kier molecular flexibility index (Phi) is 5.70. The summed E-state index contributed by atoms with van der Waals surface area (Å²) in [7, 11) is -4.37. The Hall–Kier alpha value is 0.140. The molecule has 0 radical (unpaired) electrons. The number of halogens is 2. The molecule has 1 aliphatic rings. The van der Waals surface area contributed by atoms with E-state index < -0.39 is 37.1 Å². The van der Waals surface area contributed by atoms with Gasteiger partial charge in [0, 0.05) is 0 Å². The largest absolute Gasteiger partial charge is 1.00 e. The Morgan fingerprint density at radius 1 is 1.12 bits per heavy atom. The van der Waals surface area contributed by atoms with Crippen molar-refractivity contribution in [2.45, 2.75) is 9.42 Å². The summed E-state index contributed by atoms with van der Waals surface area (Å²) in [6.07, 6.45) is 0. The summed E-state index contributed by atoms with van der Waals surface area (Å²) in [6.45, 7) is 0. The van der Waals surface area contributed by atoms with E-state index in [1.165, 1.54) is 0 Å². The molecule has 1 aliphatic heterocycles. The molecule has 0 unspecified atom stereocenters. The molecule has 1 saturated heterocycles. The van der Waals surface area contributed by atoms with Crippen LogP contribution in [0.4, 0.5) is 4.79 Å². The normalized spacial score (nSPS) is 17.8. The number of nitrogens with one attached hydrogen (secondary N) is 2. The maximum absolute atomic E-state index is 11.3. The Bertz CT molecular complexity index is 422. The van der Waals surface area contributed by atoms with E-state index in [0.29, 0.717) is 0 Å². The summed E-state index contributed by atoms with van der Waals surface area (Å²) in [5.74, 6) is -2.54. The molecule has 0 aromatic rings. The van der Waals surface area contributed by atoms with Gasteiger partial charge in [-0.1, -0.05) is 23.2 Å². The van der Waals surface area contributed by atoms with Crippen LogP contribution in [0.15, 0.2) is 0 Å². The average molecular weight is 299 g/mol. The van der Waals surface area contributed by atoms with Gasteiger partial charge < -0.3 is 1.43 Å². The summed E-state index contributed by atoms with van der Waals surface area (Å²) < 4.78 is 20.7. The first-order valence-corrected chi connectivity index (χ1v) is 5.91. The van der Waals surface area contributed by atoms with Gasteiger partial charge in [-0.05, 0) is 0 Å². The molecule has 0 aromatic carbocycles. The number of alkyl halides is 2. The van der Waals surface area contributed by atoms with Crippen LogP contribution in [0.2, 0.25) is 0 Å². The van der Waals surface area contributed by atoms with Gasteiger partial charge in [0.15, 0.2) is 0 Å². The van der Waals surface area contributed by atoms with Crippen molar-refractivity contribution in [2.24, 2.45) is 0 Å². The van der Waals surface area contributed by atoms with Crippen molar-refractivity contribution in [1.29, 1.82) is 0 Å². The molecule has 0 spiro atoms. The molecule has 0 atom stereocenters. The van der Waals surface area contributed by atoms with E-state index in [9.17, 15) is 22.8 Å². The maximum Gasteiger partial charge on any atom is 1.00 e. The molecule has 16 heavy (non-hydrogen) atoms. The van der Waals surface area contributed by atoms with Gasteiger partial charge in [0.05, 0.1) is 0 Å². The molecule has 2 N–H and O–H groups in total. The second-order valence-electron chi connectivity index (χ2n) is 2.54. The monoisotopic (exact) mass is 298 g/mol. The molecule has 0 saturated carbocycles. The van der Waals surface area contributed by atoms with Crippen LogP contribution in [0.1, 0.15) is 1.43 Å². The van der Waals surface area contributed by atoms with Crippen molar-refractivity contribution in [3.63, 3.8) is 0 Å². The number of carbonyl (C=O) groups excluding carboxylic acids is 3. The van der Waals surface area contributed by atoms with Crippen LogP contribution in [-0.4, -0.2) is 35.7 Å². The first kappa shape index (κ1) is 16.1. The molecule has 1 fully saturated rings. The van der Waals surface area contributed by atoms with Crippen molar-refractivity contribution in [3.8, 4) is 0 Å². The Morgan fingerprint density at radius 3 is 1.81 bits per heavy atom. The molecule has 11 heteroatoms. The van der Waals surface area contributed by atoms with Crippen LogP contribution in [0.3, 0.4) is 0 Å². The number of barbiturate groups is 1. The molecule has 7 nitrogen and oxygen atoms in total. The Balaban J connectivity index is 0. The van der Waals surface area contributed by atoms with Gasteiger partial charge in [0.25, 0.3) is 11.8 Å². The fraction of sp³-hybridized carbons (Fsp3) is 0.400. The summed E-state index contributed by atoms with van der Waals surface area (Å²) in [4.78, 5) is 32.8. The summed E-state index contributed by atoms with van der Waals surface area (Å²) >= 11 is 10.2. The summed E-state index contributed by atoms with van der Waals surface area (Å²) in [5.41, 5.74) is 0. The molecule has 0 aliphatic carbocycles. The third kappa shape index (κ3) is 3.08. The van der Waals surface area contributed by atoms with Gasteiger partial charge in [-0.25, -0.2) is 13.2 Å². The van der Waals surface area contributed by atoms with E-state index >= 15 is 0 Å². The summed E-state index contributed by atoms with van der Waals surface area (Å²) in [5, 5.41) is 1.13. The number of carbonyl (C=O) groups is 3. The second kappa shape index (κ2) is 5.65. The minimum absolute atomic E-state index is 0. The predicted octanol–water partition coefficient (Wildman–Crippen LogP) is -3.99. The Labute approximate surface area is 124 Å². The van der Waals surface area contributed by atoms with Gasteiger partial charge in [0.2, 0.25) is 19.3 Å². The van der Waals surface area contributed by atoms with Crippen LogP contribution in [-0.2, 0) is 19.4 Å². The first-order chi connectivity index (χ1) is 6.76. The minimum Gasteiger partial charge on any atom is -1.00 e. The topological polar surface area (TPSA) is 109 Å². The molecular weight excluding hydrogens is 294 g/mol. The zero-order chi connectivity index (χ0) is 11.8. The zero-order valence-electron chi connectivity index (χ0n) is 8.86. The maximum atomic E-state index is 11.3.